The third kappa shape index (κ3) is 7.39. The van der Waals surface area contributed by atoms with Crippen LogP contribution in [0.5, 0.6) is 0 Å². The van der Waals surface area contributed by atoms with Crippen LogP contribution >= 0.6 is 24.0 Å². The number of hydrogen-bond donors (Lipinski definition) is 2. The summed E-state index contributed by atoms with van der Waals surface area (Å²) in [5.41, 5.74) is 1.24. The Labute approximate surface area is 156 Å². The second kappa shape index (κ2) is 10.7. The predicted octanol–water partition coefficient (Wildman–Crippen LogP) is 2.65. The maximum atomic E-state index is 5.33. The van der Waals surface area contributed by atoms with Gasteiger partial charge in [-0.1, -0.05) is 12.2 Å². The van der Waals surface area contributed by atoms with Gasteiger partial charge in [-0.15, -0.1) is 24.0 Å². The lowest BCUT2D eigenvalue weighted by molar-refractivity contribution is 0.221. The Bertz CT molecular complexity index is 479. The molecule has 23 heavy (non-hydrogen) atoms. The summed E-state index contributed by atoms with van der Waals surface area (Å²) < 4.78 is 5.33. The van der Waals surface area contributed by atoms with E-state index < -0.39 is 0 Å². The van der Waals surface area contributed by atoms with Crippen LogP contribution in [0.25, 0.3) is 0 Å². The Balaban J connectivity index is 0.00000264. The van der Waals surface area contributed by atoms with Crippen LogP contribution < -0.4 is 10.6 Å². The van der Waals surface area contributed by atoms with E-state index in [-0.39, 0.29) is 24.0 Å². The van der Waals surface area contributed by atoms with Gasteiger partial charge in [0, 0.05) is 45.7 Å². The molecule has 1 aliphatic rings. The van der Waals surface area contributed by atoms with Crippen LogP contribution in [-0.2, 0) is 6.42 Å². The third-order valence-electron chi connectivity index (χ3n) is 3.89. The number of guanidine groups is 1. The molecule has 6 heteroatoms. The van der Waals surface area contributed by atoms with Gasteiger partial charge in [0.15, 0.2) is 5.96 Å². The van der Waals surface area contributed by atoms with Gasteiger partial charge in [0.25, 0.3) is 0 Å². The van der Waals surface area contributed by atoms with Crippen LogP contribution in [0.1, 0.15) is 25.5 Å². The smallest absolute Gasteiger partial charge is 0.191 e. The van der Waals surface area contributed by atoms with Gasteiger partial charge >= 0.3 is 0 Å². The zero-order valence-electron chi connectivity index (χ0n) is 14.2. The summed E-state index contributed by atoms with van der Waals surface area (Å²) in [5, 5.41) is 6.87. The minimum atomic E-state index is 0. The number of rotatable bonds is 6. The number of nitrogens with zero attached hydrogens (tertiary/aromatic N) is 2. The van der Waals surface area contributed by atoms with Gasteiger partial charge < -0.3 is 15.1 Å². The van der Waals surface area contributed by atoms with Crippen LogP contribution in [0.15, 0.2) is 40.0 Å². The van der Waals surface area contributed by atoms with E-state index in [2.05, 4.69) is 34.0 Å². The zero-order valence-corrected chi connectivity index (χ0v) is 16.5. The van der Waals surface area contributed by atoms with Crippen molar-refractivity contribution in [3.63, 3.8) is 0 Å². The molecule has 0 atom stereocenters. The first-order chi connectivity index (χ1) is 10.7. The van der Waals surface area contributed by atoms with Crippen molar-refractivity contribution in [2.75, 3.05) is 33.2 Å². The summed E-state index contributed by atoms with van der Waals surface area (Å²) in [7, 11) is 1.82. The van der Waals surface area contributed by atoms with Crippen molar-refractivity contribution < 1.29 is 4.42 Å². The highest BCUT2D eigenvalue weighted by Gasteiger charge is 2.19. The van der Waals surface area contributed by atoms with Gasteiger partial charge in [0.2, 0.25) is 0 Å². The van der Waals surface area contributed by atoms with E-state index in [0.717, 1.165) is 57.2 Å². The first kappa shape index (κ1) is 20.0. The molecule has 1 aromatic rings. The molecule has 0 saturated carbocycles. The fraction of sp³-hybridized carbons (Fsp3) is 0.588. The van der Waals surface area contributed by atoms with Crippen molar-refractivity contribution in [3.05, 3.63) is 36.3 Å². The molecule has 0 aliphatic carbocycles. The molecule has 1 saturated heterocycles. The molecule has 1 aromatic heterocycles. The standard InChI is InChI=1S/C17H28N4O.HI/c1-14(2)13-21-10-7-15(8-11-21)20-17(18-3)19-9-6-16-5-4-12-22-16;/h4-5,12,15H,1,6-11,13H2,2-3H3,(H2,18,19,20);1H. The first-order valence-corrected chi connectivity index (χ1v) is 8.03. The molecule has 1 aliphatic heterocycles. The lowest BCUT2D eigenvalue weighted by atomic mass is 10.0. The molecule has 0 unspecified atom stereocenters. The quantitative estimate of drug-likeness (QED) is 0.314. The minimum Gasteiger partial charge on any atom is -0.469 e. The summed E-state index contributed by atoms with van der Waals surface area (Å²) >= 11 is 0. The number of furan rings is 1. The second-order valence-corrected chi connectivity index (χ2v) is 5.98. The Morgan fingerprint density at radius 2 is 2.17 bits per heavy atom. The molecule has 2 heterocycles. The zero-order chi connectivity index (χ0) is 15.8. The maximum absolute atomic E-state index is 5.33. The minimum absolute atomic E-state index is 0. The van der Waals surface area contributed by atoms with Crippen LogP contribution in [0, 0.1) is 0 Å². The Morgan fingerprint density at radius 1 is 1.43 bits per heavy atom. The highest BCUT2D eigenvalue weighted by atomic mass is 127. The maximum Gasteiger partial charge on any atom is 0.191 e. The molecule has 0 aromatic carbocycles. The molecule has 2 rings (SSSR count). The Hall–Kier alpha value is -1.02. The summed E-state index contributed by atoms with van der Waals surface area (Å²) in [6.45, 7) is 10.2. The van der Waals surface area contributed by atoms with Crippen molar-refractivity contribution in [3.8, 4) is 0 Å². The van der Waals surface area contributed by atoms with Crippen LogP contribution in [0.2, 0.25) is 0 Å². The fourth-order valence-corrected chi connectivity index (χ4v) is 2.76. The van der Waals surface area contributed by atoms with E-state index >= 15 is 0 Å². The van der Waals surface area contributed by atoms with E-state index in [9.17, 15) is 0 Å². The Kier molecular flexibility index (Phi) is 9.31. The predicted molar refractivity (Wildman–Crippen MR) is 107 cm³/mol. The topological polar surface area (TPSA) is 52.8 Å². The highest BCUT2D eigenvalue weighted by molar-refractivity contribution is 14.0. The Morgan fingerprint density at radius 3 is 2.74 bits per heavy atom. The molecule has 0 spiro atoms. The van der Waals surface area contributed by atoms with Gasteiger partial charge in [-0.05, 0) is 31.9 Å². The van der Waals surface area contributed by atoms with Crippen molar-refractivity contribution >= 4 is 29.9 Å². The largest absolute Gasteiger partial charge is 0.469 e. The van der Waals surface area contributed by atoms with Gasteiger partial charge in [0.1, 0.15) is 5.76 Å². The molecule has 5 nitrogen and oxygen atoms in total. The number of halogens is 1. The van der Waals surface area contributed by atoms with Gasteiger partial charge in [0.05, 0.1) is 6.26 Å². The lowest BCUT2D eigenvalue weighted by Gasteiger charge is -2.33. The van der Waals surface area contributed by atoms with Gasteiger partial charge in [-0.2, -0.15) is 0 Å². The van der Waals surface area contributed by atoms with E-state index in [1.807, 2.05) is 19.2 Å². The molecule has 1 fully saturated rings. The summed E-state index contributed by atoms with van der Waals surface area (Å²) in [6, 6.07) is 4.41. The van der Waals surface area contributed by atoms with Crippen LogP contribution in [0.3, 0.4) is 0 Å². The lowest BCUT2D eigenvalue weighted by Crippen LogP contribution is -2.49. The van der Waals surface area contributed by atoms with Crippen LogP contribution in [-0.4, -0.2) is 50.1 Å². The summed E-state index contributed by atoms with van der Waals surface area (Å²) in [4.78, 5) is 6.77. The number of piperidine rings is 1. The van der Waals surface area contributed by atoms with E-state index in [1.54, 1.807) is 6.26 Å². The van der Waals surface area contributed by atoms with E-state index in [0.29, 0.717) is 6.04 Å². The number of hydrogen-bond acceptors (Lipinski definition) is 3. The van der Waals surface area contributed by atoms with Crippen molar-refractivity contribution in [1.82, 2.24) is 15.5 Å². The molecule has 130 valence electrons. The molecular weight excluding hydrogens is 403 g/mol. The normalized spacial score (nSPS) is 16.7. The molecule has 0 amide bonds. The monoisotopic (exact) mass is 432 g/mol. The van der Waals surface area contributed by atoms with Crippen molar-refractivity contribution in [2.45, 2.75) is 32.2 Å². The first-order valence-electron chi connectivity index (χ1n) is 8.03. The van der Waals surface area contributed by atoms with Gasteiger partial charge in [-0.3, -0.25) is 9.89 Å². The molecule has 2 N–H and O–H groups in total. The molecule has 0 radical (unpaired) electrons. The van der Waals surface area contributed by atoms with Crippen molar-refractivity contribution in [1.29, 1.82) is 0 Å². The average molecular weight is 432 g/mol. The third-order valence-corrected chi connectivity index (χ3v) is 3.89. The van der Waals surface area contributed by atoms with E-state index in [1.165, 1.54) is 5.57 Å². The number of nitrogens with one attached hydrogen (secondary N) is 2. The van der Waals surface area contributed by atoms with Gasteiger partial charge in [-0.25, -0.2) is 0 Å². The highest BCUT2D eigenvalue weighted by Crippen LogP contribution is 2.11. The SMILES string of the molecule is C=C(C)CN1CCC(NC(=NC)NCCc2ccco2)CC1.I. The van der Waals surface area contributed by atoms with Crippen molar-refractivity contribution in [2.24, 2.45) is 4.99 Å². The summed E-state index contributed by atoms with van der Waals surface area (Å²) in [6.07, 6.45) is 4.87. The van der Waals surface area contributed by atoms with Crippen LogP contribution in [0.4, 0.5) is 0 Å². The fourth-order valence-electron chi connectivity index (χ4n) is 2.76. The second-order valence-electron chi connectivity index (χ2n) is 5.98. The average Bonchev–Trinajstić information content (AvgIpc) is 3.01. The number of aliphatic imine (C=N–C) groups is 1. The molecular formula is C17H29IN4O. The number of likely N-dealkylation sites (tertiary alicyclic amines) is 1. The van der Waals surface area contributed by atoms with E-state index in [4.69, 9.17) is 4.42 Å². The summed E-state index contributed by atoms with van der Waals surface area (Å²) in [5.74, 6) is 1.88. The molecule has 0 bridgehead atoms.